The summed E-state index contributed by atoms with van der Waals surface area (Å²) in [6, 6.07) is 13.8. The number of amides is 3. The number of esters is 1. The second kappa shape index (κ2) is 10.3. The van der Waals surface area contributed by atoms with Gasteiger partial charge in [-0.15, -0.1) is 0 Å². The van der Waals surface area contributed by atoms with Gasteiger partial charge in [-0.2, -0.15) is 0 Å². The van der Waals surface area contributed by atoms with Crippen molar-refractivity contribution in [1.29, 1.82) is 0 Å². The largest absolute Gasteiger partial charge is 0.452 e. The molecule has 0 saturated carbocycles. The summed E-state index contributed by atoms with van der Waals surface area (Å²) < 4.78 is 5.36. The number of rotatable bonds is 8. The average Bonchev–Trinajstić information content (AvgIpc) is 3.20. The van der Waals surface area contributed by atoms with Crippen molar-refractivity contribution in [3.8, 4) is 0 Å². The van der Waals surface area contributed by atoms with E-state index >= 15 is 0 Å². The van der Waals surface area contributed by atoms with Crippen LogP contribution in [0.25, 0.3) is 0 Å². The number of para-hydroxylation sites is 1. The molecule has 0 bridgehead atoms. The van der Waals surface area contributed by atoms with Crippen molar-refractivity contribution in [2.45, 2.75) is 45.6 Å². The van der Waals surface area contributed by atoms with Crippen molar-refractivity contribution in [3.05, 3.63) is 59.7 Å². The Hall–Kier alpha value is -3.68. The van der Waals surface area contributed by atoms with Gasteiger partial charge in [0.25, 0.3) is 5.91 Å². The van der Waals surface area contributed by atoms with Crippen LogP contribution in [0.5, 0.6) is 0 Å². The second-order valence-electron chi connectivity index (χ2n) is 8.28. The lowest BCUT2D eigenvalue weighted by atomic mass is 9.96. The first kappa shape index (κ1) is 24.0. The number of hydrogen-bond donors (Lipinski definition) is 2. The summed E-state index contributed by atoms with van der Waals surface area (Å²) in [5.74, 6) is -2.17. The van der Waals surface area contributed by atoms with Crippen LogP contribution in [0, 0.1) is 5.92 Å². The Morgan fingerprint density at radius 3 is 2.42 bits per heavy atom. The van der Waals surface area contributed by atoms with Crippen LogP contribution < -0.4 is 16.0 Å². The number of carbonyl (C=O) groups is 4. The van der Waals surface area contributed by atoms with Gasteiger partial charge >= 0.3 is 5.97 Å². The molecular weight excluding hydrogens is 422 g/mol. The molecule has 1 heterocycles. The van der Waals surface area contributed by atoms with Gasteiger partial charge < -0.3 is 20.7 Å². The van der Waals surface area contributed by atoms with Crippen molar-refractivity contribution in [2.24, 2.45) is 11.7 Å². The third kappa shape index (κ3) is 5.58. The van der Waals surface area contributed by atoms with E-state index < -0.39 is 29.8 Å². The molecule has 0 spiro atoms. The number of ether oxygens (including phenoxy) is 1. The highest BCUT2D eigenvalue weighted by Crippen LogP contribution is 2.33. The molecule has 0 aliphatic carbocycles. The average molecular weight is 452 g/mol. The molecule has 2 aromatic rings. The first-order valence-corrected chi connectivity index (χ1v) is 11.0. The van der Waals surface area contributed by atoms with Crippen LogP contribution in [0.3, 0.4) is 0 Å². The molecule has 0 unspecified atom stereocenters. The Morgan fingerprint density at radius 1 is 1.12 bits per heavy atom. The fraction of sp³-hybridized carbons (Fsp3) is 0.360. The van der Waals surface area contributed by atoms with Crippen LogP contribution in [0.2, 0.25) is 0 Å². The van der Waals surface area contributed by atoms with Crippen molar-refractivity contribution >= 4 is 35.1 Å². The Kier molecular flexibility index (Phi) is 7.48. The van der Waals surface area contributed by atoms with E-state index in [9.17, 15) is 19.2 Å². The third-order valence-corrected chi connectivity index (χ3v) is 5.93. The first-order valence-electron chi connectivity index (χ1n) is 11.0. The number of benzene rings is 2. The van der Waals surface area contributed by atoms with Gasteiger partial charge in [-0.25, -0.2) is 0 Å². The van der Waals surface area contributed by atoms with Crippen LogP contribution in [-0.4, -0.2) is 36.3 Å². The minimum Gasteiger partial charge on any atom is -0.452 e. The highest BCUT2D eigenvalue weighted by molar-refractivity contribution is 6.01. The molecule has 1 fully saturated rings. The summed E-state index contributed by atoms with van der Waals surface area (Å²) in [6.07, 6.45) is -0.0798. The second-order valence-corrected chi connectivity index (χ2v) is 8.28. The topological polar surface area (TPSA) is 119 Å². The van der Waals surface area contributed by atoms with E-state index in [0.717, 1.165) is 17.7 Å². The van der Waals surface area contributed by atoms with E-state index in [4.69, 9.17) is 10.5 Å². The summed E-state index contributed by atoms with van der Waals surface area (Å²) >= 11 is 0. The van der Waals surface area contributed by atoms with Gasteiger partial charge in [0.2, 0.25) is 11.8 Å². The zero-order chi connectivity index (χ0) is 24.1. The third-order valence-electron chi connectivity index (χ3n) is 5.93. The van der Waals surface area contributed by atoms with Crippen LogP contribution >= 0.6 is 0 Å². The summed E-state index contributed by atoms with van der Waals surface area (Å²) in [4.78, 5) is 50.6. The zero-order valence-electron chi connectivity index (χ0n) is 19.0. The fourth-order valence-electron chi connectivity index (χ4n) is 3.75. The van der Waals surface area contributed by atoms with E-state index in [1.165, 1.54) is 31.2 Å². The highest BCUT2D eigenvalue weighted by atomic mass is 16.5. The molecule has 33 heavy (non-hydrogen) atoms. The molecule has 1 aliphatic heterocycles. The summed E-state index contributed by atoms with van der Waals surface area (Å²) in [6.45, 7) is 5.88. The maximum atomic E-state index is 12.7. The van der Waals surface area contributed by atoms with E-state index in [-0.39, 0.29) is 24.8 Å². The SMILES string of the molecule is CC[C@H](C)c1ccccc1N1C[C@H](C(=O)O[C@H](C)C(=O)Nc2ccc(C(N)=O)cc2)CC1=O. The lowest BCUT2D eigenvalue weighted by Crippen LogP contribution is -2.33. The number of nitrogens with zero attached hydrogens (tertiary/aromatic N) is 1. The van der Waals surface area contributed by atoms with E-state index in [1.54, 1.807) is 4.90 Å². The normalized spacial score (nSPS) is 17.4. The predicted molar refractivity (Wildman–Crippen MR) is 125 cm³/mol. The van der Waals surface area contributed by atoms with Crippen molar-refractivity contribution < 1.29 is 23.9 Å². The van der Waals surface area contributed by atoms with E-state index in [1.807, 2.05) is 24.3 Å². The zero-order valence-corrected chi connectivity index (χ0v) is 19.0. The predicted octanol–water partition coefficient (Wildman–Crippen LogP) is 3.22. The minimum absolute atomic E-state index is 0.0383. The number of hydrogen-bond acceptors (Lipinski definition) is 5. The molecule has 3 amide bonds. The molecule has 3 N–H and O–H groups in total. The molecule has 3 atom stereocenters. The fourth-order valence-corrected chi connectivity index (χ4v) is 3.75. The molecular formula is C25H29N3O5. The molecule has 2 aromatic carbocycles. The van der Waals surface area contributed by atoms with Gasteiger partial charge in [-0.1, -0.05) is 32.0 Å². The van der Waals surface area contributed by atoms with E-state index in [0.29, 0.717) is 11.3 Å². The van der Waals surface area contributed by atoms with Crippen molar-refractivity contribution in [2.75, 3.05) is 16.8 Å². The van der Waals surface area contributed by atoms with Crippen LogP contribution in [0.15, 0.2) is 48.5 Å². The molecule has 3 rings (SSSR count). The van der Waals surface area contributed by atoms with Crippen molar-refractivity contribution in [3.63, 3.8) is 0 Å². The molecule has 0 radical (unpaired) electrons. The van der Waals surface area contributed by atoms with Crippen LogP contribution in [-0.2, 0) is 19.1 Å². The number of primary amides is 1. The van der Waals surface area contributed by atoms with Crippen molar-refractivity contribution in [1.82, 2.24) is 0 Å². The van der Waals surface area contributed by atoms with Crippen LogP contribution in [0.4, 0.5) is 11.4 Å². The number of nitrogens with two attached hydrogens (primary N) is 1. The standard InChI is InChI=1S/C25H29N3O5/c1-4-15(2)20-7-5-6-8-21(20)28-14-18(13-22(28)29)25(32)33-16(3)24(31)27-19-11-9-17(10-12-19)23(26)30/h5-12,15-16,18H,4,13-14H2,1-3H3,(H2,26,30)(H,27,31)/t15-,16+,18+/m0/s1. The smallest absolute Gasteiger partial charge is 0.312 e. The Labute approximate surface area is 193 Å². The Bertz CT molecular complexity index is 1050. The Balaban J connectivity index is 1.61. The van der Waals surface area contributed by atoms with Gasteiger partial charge in [-0.05, 0) is 55.2 Å². The Morgan fingerprint density at radius 2 is 1.79 bits per heavy atom. The number of anilines is 2. The monoisotopic (exact) mass is 451 g/mol. The summed E-state index contributed by atoms with van der Waals surface area (Å²) in [5.41, 5.74) is 7.85. The van der Waals surface area contributed by atoms with Gasteiger partial charge in [0, 0.05) is 29.9 Å². The number of carbonyl (C=O) groups excluding carboxylic acids is 4. The van der Waals surface area contributed by atoms with Gasteiger partial charge in [0.05, 0.1) is 5.92 Å². The minimum atomic E-state index is -1.05. The number of nitrogens with one attached hydrogen (secondary N) is 1. The van der Waals surface area contributed by atoms with Gasteiger partial charge in [0.1, 0.15) is 0 Å². The quantitative estimate of drug-likeness (QED) is 0.598. The molecule has 1 saturated heterocycles. The molecule has 8 heteroatoms. The van der Waals surface area contributed by atoms with Crippen LogP contribution in [0.1, 0.15) is 55.5 Å². The molecule has 0 aromatic heterocycles. The van der Waals surface area contributed by atoms with Gasteiger partial charge in [0.15, 0.2) is 6.10 Å². The molecule has 8 nitrogen and oxygen atoms in total. The molecule has 174 valence electrons. The maximum Gasteiger partial charge on any atom is 0.312 e. The van der Waals surface area contributed by atoms with Gasteiger partial charge in [-0.3, -0.25) is 19.2 Å². The summed E-state index contributed by atoms with van der Waals surface area (Å²) in [5, 5.41) is 2.63. The lowest BCUT2D eigenvalue weighted by Gasteiger charge is -2.23. The highest BCUT2D eigenvalue weighted by Gasteiger charge is 2.38. The van der Waals surface area contributed by atoms with E-state index in [2.05, 4.69) is 19.2 Å². The lowest BCUT2D eigenvalue weighted by molar-refractivity contribution is -0.157. The molecule has 1 aliphatic rings. The summed E-state index contributed by atoms with van der Waals surface area (Å²) in [7, 11) is 0. The first-order chi connectivity index (χ1) is 15.7. The maximum absolute atomic E-state index is 12.7.